The van der Waals surface area contributed by atoms with Crippen LogP contribution in [0.3, 0.4) is 0 Å². The van der Waals surface area contributed by atoms with Crippen LogP contribution < -0.4 is 0 Å². The highest BCUT2D eigenvalue weighted by Crippen LogP contribution is 2.10. The molecule has 1 atom stereocenters. The summed E-state index contributed by atoms with van der Waals surface area (Å²) in [6.45, 7) is 4.03. The van der Waals surface area contributed by atoms with Crippen molar-refractivity contribution in [2.24, 2.45) is 0 Å². The quantitative estimate of drug-likeness (QED) is 0.298. The zero-order chi connectivity index (χ0) is 18.1. The van der Waals surface area contributed by atoms with Crippen molar-refractivity contribution >= 4 is 10.4 Å². The molecule has 0 bridgehead atoms. The van der Waals surface area contributed by atoms with E-state index in [1.165, 1.54) is 44.9 Å². The molecule has 0 aromatic carbocycles. The van der Waals surface area contributed by atoms with Gasteiger partial charge in [0.05, 0.1) is 6.61 Å². The van der Waals surface area contributed by atoms with Gasteiger partial charge in [0.25, 0.3) is 0 Å². The van der Waals surface area contributed by atoms with Crippen LogP contribution in [0.4, 0.5) is 0 Å². The third-order valence-corrected chi connectivity index (χ3v) is 3.94. The van der Waals surface area contributed by atoms with Crippen molar-refractivity contribution in [1.82, 2.24) is 4.90 Å². The largest absolute Gasteiger partial charge is 0.397 e. The summed E-state index contributed by atoms with van der Waals surface area (Å²) in [5.41, 5.74) is 0. The van der Waals surface area contributed by atoms with E-state index in [2.05, 4.69) is 11.1 Å². The summed E-state index contributed by atoms with van der Waals surface area (Å²) in [6.07, 6.45) is 11.5. The molecule has 7 heteroatoms. The SMILES string of the molecule is CC(O)N(C)C.CCCCCCCCCCCCOS(=O)(=O)O. The Bertz CT molecular complexity index is 325. The van der Waals surface area contributed by atoms with Crippen molar-refractivity contribution in [1.29, 1.82) is 0 Å². The maximum absolute atomic E-state index is 10.2. The van der Waals surface area contributed by atoms with Gasteiger partial charge in [-0.2, -0.15) is 8.42 Å². The minimum absolute atomic E-state index is 0.0926. The molecule has 0 heterocycles. The Morgan fingerprint density at radius 1 is 0.913 bits per heavy atom. The fraction of sp³-hybridized carbons (Fsp3) is 1.00. The first kappa shape index (κ1) is 25.0. The van der Waals surface area contributed by atoms with Gasteiger partial charge in [-0.15, -0.1) is 0 Å². The van der Waals surface area contributed by atoms with E-state index in [-0.39, 0.29) is 12.8 Å². The number of aliphatic hydroxyl groups is 1. The van der Waals surface area contributed by atoms with E-state index in [0.29, 0.717) is 6.42 Å². The molecule has 0 amide bonds. The van der Waals surface area contributed by atoms with E-state index < -0.39 is 10.4 Å². The van der Waals surface area contributed by atoms with E-state index in [1.54, 1.807) is 11.8 Å². The number of hydrogen-bond acceptors (Lipinski definition) is 5. The van der Waals surface area contributed by atoms with Crippen molar-refractivity contribution < 1.29 is 22.3 Å². The third-order valence-electron chi connectivity index (χ3n) is 3.48. The Labute approximate surface area is 143 Å². The highest BCUT2D eigenvalue weighted by molar-refractivity contribution is 7.80. The first-order valence-corrected chi connectivity index (χ1v) is 10.0. The third kappa shape index (κ3) is 27.0. The minimum atomic E-state index is -4.23. The zero-order valence-electron chi connectivity index (χ0n) is 15.3. The van der Waals surface area contributed by atoms with E-state index in [0.717, 1.165) is 12.8 Å². The predicted octanol–water partition coefficient (Wildman–Crippen LogP) is 3.61. The van der Waals surface area contributed by atoms with Crippen LogP contribution in [-0.2, 0) is 14.6 Å². The van der Waals surface area contributed by atoms with Gasteiger partial charge in [-0.05, 0) is 27.4 Å². The van der Waals surface area contributed by atoms with Gasteiger partial charge >= 0.3 is 10.4 Å². The highest BCUT2D eigenvalue weighted by Gasteiger charge is 2.02. The Hall–Kier alpha value is -0.210. The van der Waals surface area contributed by atoms with Gasteiger partial charge in [-0.3, -0.25) is 9.45 Å². The molecule has 0 saturated carbocycles. The molecule has 0 aliphatic rings. The average Bonchev–Trinajstić information content (AvgIpc) is 2.44. The molecular weight excluding hydrogens is 318 g/mol. The molecule has 2 N–H and O–H groups in total. The second-order valence-corrected chi connectivity index (χ2v) is 7.12. The standard InChI is InChI=1S/C12H26O4S.C4H11NO/c1-2-3-4-5-6-7-8-9-10-11-12-16-17(13,14)15;1-4(6)5(2)3/h2-12H2,1H3,(H,13,14,15);4,6H,1-3H3. The van der Waals surface area contributed by atoms with Gasteiger partial charge in [-0.1, -0.05) is 64.7 Å². The number of aliphatic hydroxyl groups excluding tert-OH is 1. The summed E-state index contributed by atoms with van der Waals surface area (Å²) in [6, 6.07) is 0. The van der Waals surface area contributed by atoms with Gasteiger partial charge in [0, 0.05) is 0 Å². The molecule has 0 rings (SSSR count). The van der Waals surface area contributed by atoms with Crippen LogP contribution in [0, 0.1) is 0 Å². The molecule has 0 aliphatic carbocycles. The Balaban J connectivity index is 0. The number of hydrogen-bond donors (Lipinski definition) is 2. The molecule has 0 radical (unpaired) electrons. The second kappa shape index (κ2) is 16.6. The van der Waals surface area contributed by atoms with Crippen LogP contribution in [0.2, 0.25) is 0 Å². The van der Waals surface area contributed by atoms with Crippen LogP contribution in [0.15, 0.2) is 0 Å². The van der Waals surface area contributed by atoms with Crippen molar-refractivity contribution in [3.8, 4) is 0 Å². The molecule has 0 aromatic rings. The van der Waals surface area contributed by atoms with Gasteiger partial charge in [-0.25, -0.2) is 4.18 Å². The molecule has 142 valence electrons. The lowest BCUT2D eigenvalue weighted by molar-refractivity contribution is 0.0578. The first-order chi connectivity index (χ1) is 10.7. The fourth-order valence-electron chi connectivity index (χ4n) is 1.75. The average molecular weight is 356 g/mol. The van der Waals surface area contributed by atoms with E-state index in [9.17, 15) is 8.42 Å². The van der Waals surface area contributed by atoms with Gasteiger partial charge in [0.1, 0.15) is 6.23 Å². The fourth-order valence-corrected chi connectivity index (χ4v) is 2.08. The normalized spacial score (nSPS) is 12.8. The topological polar surface area (TPSA) is 87.1 Å². The summed E-state index contributed by atoms with van der Waals surface area (Å²) in [5.74, 6) is 0. The molecule has 23 heavy (non-hydrogen) atoms. The van der Waals surface area contributed by atoms with E-state index >= 15 is 0 Å². The van der Waals surface area contributed by atoms with Crippen LogP contribution in [0.5, 0.6) is 0 Å². The van der Waals surface area contributed by atoms with Crippen LogP contribution >= 0.6 is 0 Å². The lowest BCUT2D eigenvalue weighted by Crippen LogP contribution is -2.23. The number of rotatable bonds is 13. The van der Waals surface area contributed by atoms with Gasteiger partial charge in [0.15, 0.2) is 0 Å². The smallest absolute Gasteiger partial charge is 0.379 e. The first-order valence-electron chi connectivity index (χ1n) is 8.67. The van der Waals surface area contributed by atoms with Crippen molar-refractivity contribution in [2.45, 2.75) is 84.3 Å². The summed E-state index contributed by atoms with van der Waals surface area (Å²) < 4.78 is 33.0. The zero-order valence-corrected chi connectivity index (χ0v) is 16.1. The summed E-state index contributed by atoms with van der Waals surface area (Å²) >= 11 is 0. The number of nitrogens with zero attached hydrogens (tertiary/aromatic N) is 1. The maximum atomic E-state index is 10.2. The van der Waals surface area contributed by atoms with E-state index in [4.69, 9.17) is 9.66 Å². The molecule has 1 unspecified atom stereocenters. The van der Waals surface area contributed by atoms with Crippen LogP contribution in [0.25, 0.3) is 0 Å². The summed E-state index contributed by atoms with van der Waals surface area (Å²) in [4.78, 5) is 1.72. The molecule has 0 spiro atoms. The molecule has 0 aromatic heterocycles. The molecule has 0 saturated heterocycles. The van der Waals surface area contributed by atoms with Crippen molar-refractivity contribution in [2.75, 3.05) is 20.7 Å². The molecule has 0 aliphatic heterocycles. The minimum Gasteiger partial charge on any atom is -0.379 e. The van der Waals surface area contributed by atoms with Crippen molar-refractivity contribution in [3.05, 3.63) is 0 Å². The molecular formula is C16H37NO5S. The Morgan fingerprint density at radius 3 is 1.57 bits per heavy atom. The van der Waals surface area contributed by atoms with Gasteiger partial charge < -0.3 is 5.11 Å². The van der Waals surface area contributed by atoms with Crippen molar-refractivity contribution in [3.63, 3.8) is 0 Å². The molecule has 6 nitrogen and oxygen atoms in total. The maximum Gasteiger partial charge on any atom is 0.397 e. The molecule has 0 fully saturated rings. The Morgan fingerprint density at radius 2 is 1.26 bits per heavy atom. The van der Waals surface area contributed by atoms with Crippen LogP contribution in [0.1, 0.15) is 78.1 Å². The van der Waals surface area contributed by atoms with Crippen LogP contribution in [-0.4, -0.2) is 49.9 Å². The predicted molar refractivity (Wildman–Crippen MR) is 94.7 cm³/mol. The summed E-state index contributed by atoms with van der Waals surface area (Å²) in [7, 11) is -0.586. The second-order valence-electron chi connectivity index (χ2n) is 6.03. The number of unbranched alkanes of at least 4 members (excludes halogenated alkanes) is 9. The Kier molecular flexibility index (Phi) is 18.1. The summed E-state index contributed by atoms with van der Waals surface area (Å²) in [5, 5.41) is 8.56. The highest BCUT2D eigenvalue weighted by atomic mass is 32.3. The van der Waals surface area contributed by atoms with E-state index in [1.807, 2.05) is 14.1 Å². The lowest BCUT2D eigenvalue weighted by Gasteiger charge is -2.11. The lowest BCUT2D eigenvalue weighted by atomic mass is 10.1. The van der Waals surface area contributed by atoms with Gasteiger partial charge in [0.2, 0.25) is 0 Å². The monoisotopic (exact) mass is 355 g/mol.